The first-order chi connectivity index (χ1) is 9.63. The maximum Gasteiger partial charge on any atom is 0.220 e. The lowest BCUT2D eigenvalue weighted by Gasteiger charge is -2.36. The Kier molecular flexibility index (Phi) is 6.05. The number of amides is 1. The average Bonchev–Trinajstić information content (AvgIpc) is 2.85. The normalized spacial score (nSPS) is 17.9. The van der Waals surface area contributed by atoms with Crippen molar-refractivity contribution < 1.29 is 9.90 Å². The SMILES string of the molecule is O=C(CCCc1ccc(Br)s1)NC1(CO)CCCCC1. The van der Waals surface area contributed by atoms with Crippen LogP contribution < -0.4 is 5.32 Å². The van der Waals surface area contributed by atoms with Gasteiger partial charge in [-0.2, -0.15) is 0 Å². The molecule has 112 valence electrons. The minimum Gasteiger partial charge on any atom is -0.394 e. The fourth-order valence-electron chi connectivity index (χ4n) is 2.82. The van der Waals surface area contributed by atoms with Crippen molar-refractivity contribution in [3.63, 3.8) is 0 Å². The number of carbonyl (C=O) groups excluding carboxylic acids is 1. The molecule has 0 saturated heterocycles. The summed E-state index contributed by atoms with van der Waals surface area (Å²) in [5.74, 6) is 0.0802. The van der Waals surface area contributed by atoms with Crippen LogP contribution in [0.1, 0.15) is 49.8 Å². The highest BCUT2D eigenvalue weighted by Gasteiger charge is 2.32. The molecule has 1 aliphatic carbocycles. The van der Waals surface area contributed by atoms with E-state index in [0.717, 1.165) is 42.3 Å². The van der Waals surface area contributed by atoms with Crippen LogP contribution in [0.5, 0.6) is 0 Å². The van der Waals surface area contributed by atoms with Gasteiger partial charge in [0.05, 0.1) is 15.9 Å². The number of nitrogens with one attached hydrogen (secondary N) is 1. The number of aliphatic hydroxyl groups excluding tert-OH is 1. The van der Waals surface area contributed by atoms with Crippen molar-refractivity contribution in [3.8, 4) is 0 Å². The fraction of sp³-hybridized carbons (Fsp3) is 0.667. The van der Waals surface area contributed by atoms with Crippen molar-refractivity contribution in [1.29, 1.82) is 0 Å². The highest BCUT2D eigenvalue weighted by atomic mass is 79.9. The molecular weight excluding hydrogens is 338 g/mol. The molecule has 1 amide bonds. The van der Waals surface area contributed by atoms with E-state index in [9.17, 15) is 9.90 Å². The third-order valence-electron chi connectivity index (χ3n) is 3.97. The van der Waals surface area contributed by atoms with E-state index in [1.165, 1.54) is 11.3 Å². The number of halogens is 1. The van der Waals surface area contributed by atoms with Crippen LogP contribution in [0.3, 0.4) is 0 Å². The second-order valence-electron chi connectivity index (χ2n) is 5.61. The largest absolute Gasteiger partial charge is 0.394 e. The predicted molar refractivity (Wildman–Crippen MR) is 86.0 cm³/mol. The Morgan fingerprint density at radius 1 is 1.35 bits per heavy atom. The van der Waals surface area contributed by atoms with Crippen LogP contribution in [0.4, 0.5) is 0 Å². The summed E-state index contributed by atoms with van der Waals surface area (Å²) < 4.78 is 1.14. The number of thiophene rings is 1. The number of hydrogen-bond donors (Lipinski definition) is 2. The smallest absolute Gasteiger partial charge is 0.220 e. The first-order valence-corrected chi connectivity index (χ1v) is 8.91. The number of rotatable bonds is 6. The Morgan fingerprint density at radius 3 is 2.70 bits per heavy atom. The minimum atomic E-state index is -0.346. The standard InChI is InChI=1S/C15H22BrNO2S/c16-13-8-7-12(20-13)5-4-6-14(19)17-15(11-18)9-2-1-3-10-15/h7-8,18H,1-6,9-11H2,(H,17,19). The van der Waals surface area contributed by atoms with Crippen LogP contribution in [0.2, 0.25) is 0 Å². The molecule has 3 nitrogen and oxygen atoms in total. The van der Waals surface area contributed by atoms with Gasteiger partial charge in [0.1, 0.15) is 0 Å². The number of aliphatic hydroxyl groups is 1. The van der Waals surface area contributed by atoms with Crippen molar-refractivity contribution in [1.82, 2.24) is 5.32 Å². The van der Waals surface area contributed by atoms with Gasteiger partial charge in [0.15, 0.2) is 0 Å². The van der Waals surface area contributed by atoms with E-state index >= 15 is 0 Å². The molecule has 1 fully saturated rings. The van der Waals surface area contributed by atoms with E-state index in [2.05, 4.69) is 27.3 Å². The van der Waals surface area contributed by atoms with Gasteiger partial charge in [-0.25, -0.2) is 0 Å². The zero-order valence-corrected chi connectivity index (χ0v) is 14.1. The van der Waals surface area contributed by atoms with Gasteiger partial charge in [-0.3, -0.25) is 4.79 Å². The molecule has 1 saturated carbocycles. The summed E-state index contributed by atoms with van der Waals surface area (Å²) in [6, 6.07) is 4.14. The molecule has 2 rings (SSSR count). The number of hydrogen-bond acceptors (Lipinski definition) is 3. The van der Waals surface area contributed by atoms with Gasteiger partial charge in [-0.1, -0.05) is 19.3 Å². The zero-order valence-electron chi connectivity index (χ0n) is 11.7. The van der Waals surface area contributed by atoms with Gasteiger partial charge in [0, 0.05) is 11.3 Å². The Balaban J connectivity index is 1.74. The highest BCUT2D eigenvalue weighted by Crippen LogP contribution is 2.28. The van der Waals surface area contributed by atoms with Crippen LogP contribution in [0, 0.1) is 0 Å². The Morgan fingerprint density at radius 2 is 2.10 bits per heavy atom. The molecule has 0 unspecified atom stereocenters. The Labute approximate surface area is 132 Å². The van der Waals surface area contributed by atoms with Gasteiger partial charge in [-0.15, -0.1) is 11.3 Å². The summed E-state index contributed by atoms with van der Waals surface area (Å²) in [5, 5.41) is 12.7. The zero-order chi connectivity index (χ0) is 14.4. The molecule has 1 aromatic rings. The maximum atomic E-state index is 12.0. The monoisotopic (exact) mass is 359 g/mol. The van der Waals surface area contributed by atoms with Crippen molar-refractivity contribution in [2.24, 2.45) is 0 Å². The summed E-state index contributed by atoms with van der Waals surface area (Å²) in [6.07, 6.45) is 7.58. The summed E-state index contributed by atoms with van der Waals surface area (Å²) in [4.78, 5) is 13.3. The molecule has 0 bridgehead atoms. The molecule has 0 radical (unpaired) electrons. The van der Waals surface area contributed by atoms with E-state index in [0.29, 0.717) is 6.42 Å². The molecule has 5 heteroatoms. The molecule has 0 spiro atoms. The third kappa shape index (κ3) is 4.57. The maximum absolute atomic E-state index is 12.0. The van der Waals surface area contributed by atoms with Crippen molar-refractivity contribution in [2.75, 3.05) is 6.61 Å². The van der Waals surface area contributed by atoms with Crippen LogP contribution in [0.25, 0.3) is 0 Å². The van der Waals surface area contributed by atoms with Crippen LogP contribution >= 0.6 is 27.3 Å². The van der Waals surface area contributed by atoms with Gasteiger partial charge in [0.25, 0.3) is 0 Å². The second-order valence-corrected chi connectivity index (χ2v) is 8.15. The Hall–Kier alpha value is -0.390. The van der Waals surface area contributed by atoms with E-state index in [4.69, 9.17) is 0 Å². The fourth-order valence-corrected chi connectivity index (χ4v) is 4.34. The van der Waals surface area contributed by atoms with Crippen molar-refractivity contribution in [3.05, 3.63) is 20.8 Å². The molecule has 0 aromatic carbocycles. The predicted octanol–water partition coefficient (Wildman–Crippen LogP) is 3.64. The molecule has 1 heterocycles. The van der Waals surface area contributed by atoms with Crippen molar-refractivity contribution in [2.45, 2.75) is 56.9 Å². The topological polar surface area (TPSA) is 49.3 Å². The summed E-state index contributed by atoms with van der Waals surface area (Å²) in [6.45, 7) is 0.0661. The van der Waals surface area contributed by atoms with Crippen LogP contribution in [-0.2, 0) is 11.2 Å². The lowest BCUT2D eigenvalue weighted by molar-refractivity contribution is -0.124. The quantitative estimate of drug-likeness (QED) is 0.814. The summed E-state index contributed by atoms with van der Waals surface area (Å²) >= 11 is 5.17. The molecule has 1 aliphatic rings. The van der Waals surface area contributed by atoms with Crippen LogP contribution in [0.15, 0.2) is 15.9 Å². The highest BCUT2D eigenvalue weighted by molar-refractivity contribution is 9.11. The third-order valence-corrected chi connectivity index (χ3v) is 5.66. The van der Waals surface area contributed by atoms with E-state index in [1.807, 2.05) is 6.07 Å². The minimum absolute atomic E-state index is 0.0661. The first-order valence-electron chi connectivity index (χ1n) is 7.30. The summed E-state index contributed by atoms with van der Waals surface area (Å²) in [5.41, 5.74) is -0.346. The first kappa shape index (κ1) is 16.0. The van der Waals surface area contributed by atoms with E-state index < -0.39 is 0 Å². The number of carbonyl (C=O) groups is 1. The van der Waals surface area contributed by atoms with Crippen molar-refractivity contribution >= 4 is 33.2 Å². The van der Waals surface area contributed by atoms with Crippen LogP contribution in [-0.4, -0.2) is 23.2 Å². The van der Waals surface area contributed by atoms with Gasteiger partial charge >= 0.3 is 0 Å². The lowest BCUT2D eigenvalue weighted by Crippen LogP contribution is -2.52. The van der Waals surface area contributed by atoms with Gasteiger partial charge in [0.2, 0.25) is 5.91 Å². The molecule has 2 N–H and O–H groups in total. The second kappa shape index (κ2) is 7.57. The van der Waals surface area contributed by atoms with Gasteiger partial charge in [-0.05, 0) is 53.7 Å². The number of aryl methyl sites for hydroxylation is 1. The average molecular weight is 360 g/mol. The molecule has 0 atom stereocenters. The lowest BCUT2D eigenvalue weighted by atomic mass is 9.82. The van der Waals surface area contributed by atoms with Gasteiger partial charge < -0.3 is 10.4 Å². The molecule has 20 heavy (non-hydrogen) atoms. The van der Waals surface area contributed by atoms with E-state index in [-0.39, 0.29) is 18.1 Å². The summed E-state index contributed by atoms with van der Waals surface area (Å²) in [7, 11) is 0. The molecule has 1 aromatic heterocycles. The molecular formula is C15H22BrNO2S. The Bertz CT molecular complexity index is 441. The van der Waals surface area contributed by atoms with E-state index in [1.54, 1.807) is 11.3 Å². The molecule has 0 aliphatic heterocycles.